The summed E-state index contributed by atoms with van der Waals surface area (Å²) in [6, 6.07) is 0. The Labute approximate surface area is 101 Å². The fourth-order valence-corrected chi connectivity index (χ4v) is 2.23. The van der Waals surface area contributed by atoms with Crippen LogP contribution in [-0.2, 0) is 18.9 Å². The van der Waals surface area contributed by atoms with E-state index in [1.807, 2.05) is 0 Å². The third-order valence-electron chi connectivity index (χ3n) is 3.39. The van der Waals surface area contributed by atoms with Gasteiger partial charge in [-0.05, 0) is 12.8 Å². The normalized spacial score (nSPS) is 42.0. The molecule has 0 unspecified atom stereocenters. The molecule has 3 fully saturated rings. The van der Waals surface area contributed by atoms with Crippen LogP contribution in [0.5, 0.6) is 0 Å². The lowest BCUT2D eigenvalue weighted by molar-refractivity contribution is -0.102. The first-order chi connectivity index (χ1) is 8.29. The molecule has 0 aromatic rings. The van der Waals surface area contributed by atoms with Crippen molar-refractivity contribution in [3.05, 3.63) is 24.8 Å². The van der Waals surface area contributed by atoms with E-state index in [1.165, 1.54) is 0 Å². The standard InChI is InChI=1S/C13H18O4/c1-3-8(2)5-4-6-14-11-10(9-7-15-9)16-13-12(11)17-13/h3,9-13H,1-2,4-7H2/t9-,10-,11+,12-,13+/m1/s1. The van der Waals surface area contributed by atoms with Crippen LogP contribution in [0.4, 0.5) is 0 Å². The molecule has 0 amide bonds. The van der Waals surface area contributed by atoms with Crippen LogP contribution in [0.1, 0.15) is 12.8 Å². The summed E-state index contributed by atoms with van der Waals surface area (Å²) < 4.78 is 22.1. The molecule has 0 saturated carbocycles. The summed E-state index contributed by atoms with van der Waals surface area (Å²) in [6.07, 6.45) is 4.10. The highest BCUT2D eigenvalue weighted by Gasteiger charge is 2.62. The fraction of sp³-hybridized carbons (Fsp3) is 0.692. The van der Waals surface area contributed by atoms with Crippen LogP contribution in [0.3, 0.4) is 0 Å². The van der Waals surface area contributed by atoms with E-state index in [0.29, 0.717) is 6.61 Å². The highest BCUT2D eigenvalue weighted by atomic mass is 16.8. The zero-order valence-electron chi connectivity index (χ0n) is 9.84. The molecule has 3 heterocycles. The number of hydrogen-bond acceptors (Lipinski definition) is 4. The summed E-state index contributed by atoms with van der Waals surface area (Å²) in [5.41, 5.74) is 1.05. The second-order valence-electron chi connectivity index (χ2n) is 4.74. The average Bonchev–Trinajstić information content (AvgIpc) is 3.23. The first-order valence-corrected chi connectivity index (χ1v) is 6.14. The number of epoxide rings is 2. The Hall–Kier alpha value is -0.680. The Balaban J connectivity index is 1.41. The van der Waals surface area contributed by atoms with E-state index in [9.17, 15) is 0 Å². The highest BCUT2D eigenvalue weighted by Crippen LogP contribution is 2.43. The van der Waals surface area contributed by atoms with Crippen molar-refractivity contribution in [3.63, 3.8) is 0 Å². The second kappa shape index (κ2) is 4.53. The van der Waals surface area contributed by atoms with E-state index in [2.05, 4.69) is 13.2 Å². The summed E-state index contributed by atoms with van der Waals surface area (Å²) >= 11 is 0. The number of fused-ring (bicyclic) bond motifs is 1. The molecule has 3 saturated heterocycles. The molecule has 4 nitrogen and oxygen atoms in total. The predicted molar refractivity (Wildman–Crippen MR) is 61.6 cm³/mol. The molecule has 3 rings (SSSR count). The van der Waals surface area contributed by atoms with Gasteiger partial charge in [0, 0.05) is 6.61 Å². The molecule has 0 bridgehead atoms. The quantitative estimate of drug-likeness (QED) is 0.382. The van der Waals surface area contributed by atoms with Crippen molar-refractivity contribution in [2.24, 2.45) is 0 Å². The van der Waals surface area contributed by atoms with Crippen LogP contribution in [0.25, 0.3) is 0 Å². The van der Waals surface area contributed by atoms with E-state index >= 15 is 0 Å². The maximum absolute atomic E-state index is 5.86. The van der Waals surface area contributed by atoms with Gasteiger partial charge in [0.15, 0.2) is 6.29 Å². The molecule has 3 aliphatic heterocycles. The maximum Gasteiger partial charge on any atom is 0.187 e. The minimum atomic E-state index is -0.0441. The van der Waals surface area contributed by atoms with Crippen molar-refractivity contribution in [2.75, 3.05) is 13.2 Å². The molecular formula is C13H18O4. The van der Waals surface area contributed by atoms with Gasteiger partial charge in [-0.15, -0.1) is 0 Å². The molecule has 4 heteroatoms. The molecule has 5 atom stereocenters. The van der Waals surface area contributed by atoms with Crippen LogP contribution in [-0.4, -0.2) is 43.9 Å². The van der Waals surface area contributed by atoms with E-state index in [4.69, 9.17) is 18.9 Å². The highest BCUT2D eigenvalue weighted by molar-refractivity contribution is 5.10. The Morgan fingerprint density at radius 3 is 2.82 bits per heavy atom. The summed E-state index contributed by atoms with van der Waals surface area (Å²) in [5.74, 6) is 0. The first-order valence-electron chi connectivity index (χ1n) is 6.14. The topological polar surface area (TPSA) is 43.5 Å². The molecule has 0 radical (unpaired) electrons. The molecule has 0 aromatic carbocycles. The minimum Gasteiger partial charge on any atom is -0.372 e. The van der Waals surface area contributed by atoms with Gasteiger partial charge in [-0.2, -0.15) is 0 Å². The summed E-state index contributed by atoms with van der Waals surface area (Å²) in [6.45, 7) is 9.05. The molecule has 0 N–H and O–H groups in total. The zero-order valence-corrected chi connectivity index (χ0v) is 9.84. The molecule has 0 aromatic heterocycles. The van der Waals surface area contributed by atoms with E-state index in [1.54, 1.807) is 6.08 Å². The molecule has 0 spiro atoms. The third-order valence-corrected chi connectivity index (χ3v) is 3.39. The van der Waals surface area contributed by atoms with Gasteiger partial charge in [0.05, 0.1) is 6.61 Å². The Kier molecular flexibility index (Phi) is 3.04. The van der Waals surface area contributed by atoms with Gasteiger partial charge in [0.25, 0.3) is 0 Å². The molecule has 3 aliphatic rings. The largest absolute Gasteiger partial charge is 0.372 e. The van der Waals surface area contributed by atoms with Crippen LogP contribution in [0, 0.1) is 0 Å². The van der Waals surface area contributed by atoms with Gasteiger partial charge in [-0.25, -0.2) is 0 Å². The summed E-state index contributed by atoms with van der Waals surface area (Å²) in [5, 5.41) is 0. The SMILES string of the molecule is C=CC(=C)CCCO[C@@H]1[C@H]2O[C@@H]2O[C@@H]1[C@H]1CO1. The van der Waals surface area contributed by atoms with Crippen LogP contribution >= 0.6 is 0 Å². The van der Waals surface area contributed by atoms with Gasteiger partial charge in [0.1, 0.15) is 24.4 Å². The zero-order chi connectivity index (χ0) is 11.8. The second-order valence-corrected chi connectivity index (χ2v) is 4.74. The number of rotatable bonds is 7. The lowest BCUT2D eigenvalue weighted by Crippen LogP contribution is -2.35. The van der Waals surface area contributed by atoms with E-state index in [-0.39, 0.29) is 30.7 Å². The lowest BCUT2D eigenvalue weighted by atomic mass is 10.1. The van der Waals surface area contributed by atoms with Gasteiger partial charge in [0.2, 0.25) is 0 Å². The summed E-state index contributed by atoms with van der Waals surface area (Å²) in [7, 11) is 0. The Morgan fingerprint density at radius 1 is 1.35 bits per heavy atom. The van der Waals surface area contributed by atoms with Crippen molar-refractivity contribution in [2.45, 2.75) is 43.5 Å². The molecule has 17 heavy (non-hydrogen) atoms. The smallest absolute Gasteiger partial charge is 0.187 e. The third kappa shape index (κ3) is 2.45. The molecule has 0 aliphatic carbocycles. The molecular weight excluding hydrogens is 220 g/mol. The van der Waals surface area contributed by atoms with Crippen LogP contribution in [0.15, 0.2) is 24.8 Å². The van der Waals surface area contributed by atoms with E-state index in [0.717, 1.165) is 25.0 Å². The first kappa shape index (κ1) is 11.4. The van der Waals surface area contributed by atoms with Crippen molar-refractivity contribution in [1.82, 2.24) is 0 Å². The number of allylic oxidation sites excluding steroid dienone is 2. The minimum absolute atomic E-state index is 0.0441. The predicted octanol–water partition coefficient (Wildman–Crippen LogP) is 1.42. The van der Waals surface area contributed by atoms with Crippen LogP contribution < -0.4 is 0 Å². The van der Waals surface area contributed by atoms with Crippen molar-refractivity contribution in [1.29, 1.82) is 0 Å². The Bertz CT molecular complexity index is 323. The molecule has 94 valence electrons. The van der Waals surface area contributed by atoms with Gasteiger partial charge < -0.3 is 18.9 Å². The Morgan fingerprint density at radius 2 is 2.12 bits per heavy atom. The van der Waals surface area contributed by atoms with Gasteiger partial charge in [-0.1, -0.05) is 24.8 Å². The average molecular weight is 238 g/mol. The number of hydrogen-bond donors (Lipinski definition) is 0. The van der Waals surface area contributed by atoms with Crippen molar-refractivity contribution < 1.29 is 18.9 Å². The lowest BCUT2D eigenvalue weighted by Gasteiger charge is -2.19. The maximum atomic E-state index is 5.86. The van der Waals surface area contributed by atoms with Crippen molar-refractivity contribution in [3.8, 4) is 0 Å². The monoisotopic (exact) mass is 238 g/mol. The van der Waals surface area contributed by atoms with Gasteiger partial charge >= 0.3 is 0 Å². The number of ether oxygens (including phenoxy) is 4. The van der Waals surface area contributed by atoms with Crippen molar-refractivity contribution >= 4 is 0 Å². The summed E-state index contributed by atoms with van der Waals surface area (Å²) in [4.78, 5) is 0. The fourth-order valence-electron chi connectivity index (χ4n) is 2.23. The van der Waals surface area contributed by atoms with E-state index < -0.39 is 0 Å². The van der Waals surface area contributed by atoms with Crippen LogP contribution in [0.2, 0.25) is 0 Å². The van der Waals surface area contributed by atoms with Gasteiger partial charge in [-0.3, -0.25) is 0 Å².